The van der Waals surface area contributed by atoms with Crippen LogP contribution in [-0.4, -0.2) is 11.1 Å². The predicted molar refractivity (Wildman–Crippen MR) is 57.2 cm³/mol. The number of carbonyl (C=O) groups is 1. The number of rotatable bonds is 3. The Kier molecular flexibility index (Phi) is 3.57. The van der Waals surface area contributed by atoms with E-state index in [0.717, 1.165) is 25.7 Å². The van der Waals surface area contributed by atoms with Crippen LogP contribution in [-0.2, 0) is 4.79 Å². The van der Waals surface area contributed by atoms with Gasteiger partial charge in [-0.2, -0.15) is 0 Å². The minimum absolute atomic E-state index is 0.378. The fourth-order valence-electron chi connectivity index (χ4n) is 2.89. The molecule has 0 bridgehead atoms. The van der Waals surface area contributed by atoms with Crippen LogP contribution in [0.15, 0.2) is 0 Å². The SMILES string of the molecule is CCC1CCC(CC)C(C)(C(=O)O)C1. The van der Waals surface area contributed by atoms with Gasteiger partial charge < -0.3 is 5.11 Å². The molecule has 0 heterocycles. The smallest absolute Gasteiger partial charge is 0.309 e. The largest absolute Gasteiger partial charge is 0.481 e. The Morgan fingerprint density at radius 1 is 1.36 bits per heavy atom. The van der Waals surface area contributed by atoms with Gasteiger partial charge in [-0.15, -0.1) is 0 Å². The molecule has 1 fully saturated rings. The average Bonchev–Trinajstić information content (AvgIpc) is 2.17. The second-order valence-electron chi connectivity index (χ2n) is 4.88. The fraction of sp³-hybridized carbons (Fsp3) is 0.917. The van der Waals surface area contributed by atoms with Crippen molar-refractivity contribution in [2.45, 2.75) is 52.9 Å². The van der Waals surface area contributed by atoms with Gasteiger partial charge in [-0.1, -0.05) is 33.1 Å². The first-order valence-corrected chi connectivity index (χ1v) is 5.78. The first-order valence-electron chi connectivity index (χ1n) is 5.78. The third-order valence-electron chi connectivity index (χ3n) is 4.10. The van der Waals surface area contributed by atoms with E-state index in [-0.39, 0.29) is 0 Å². The summed E-state index contributed by atoms with van der Waals surface area (Å²) in [5, 5.41) is 9.31. The van der Waals surface area contributed by atoms with Crippen LogP contribution in [0.1, 0.15) is 52.9 Å². The molecule has 82 valence electrons. The molecule has 14 heavy (non-hydrogen) atoms. The van der Waals surface area contributed by atoms with Gasteiger partial charge in [-0.25, -0.2) is 0 Å². The fourth-order valence-corrected chi connectivity index (χ4v) is 2.89. The van der Waals surface area contributed by atoms with Gasteiger partial charge in [0.2, 0.25) is 0 Å². The van der Waals surface area contributed by atoms with Crippen LogP contribution in [0, 0.1) is 17.3 Å². The minimum Gasteiger partial charge on any atom is -0.481 e. The Hall–Kier alpha value is -0.530. The Balaban J connectivity index is 2.79. The maximum atomic E-state index is 11.3. The molecule has 3 atom stereocenters. The molecule has 0 spiro atoms. The zero-order chi connectivity index (χ0) is 10.8. The van der Waals surface area contributed by atoms with Gasteiger partial charge in [-0.3, -0.25) is 4.79 Å². The maximum absolute atomic E-state index is 11.3. The quantitative estimate of drug-likeness (QED) is 0.755. The monoisotopic (exact) mass is 198 g/mol. The number of aliphatic carboxylic acids is 1. The van der Waals surface area contributed by atoms with E-state index in [1.807, 2.05) is 6.92 Å². The lowest BCUT2D eigenvalue weighted by molar-refractivity contribution is -0.155. The summed E-state index contributed by atoms with van der Waals surface area (Å²) < 4.78 is 0. The molecule has 1 N–H and O–H groups in total. The van der Waals surface area contributed by atoms with Gasteiger partial charge in [0.15, 0.2) is 0 Å². The first-order chi connectivity index (χ1) is 6.54. The van der Waals surface area contributed by atoms with E-state index >= 15 is 0 Å². The van der Waals surface area contributed by atoms with Crippen molar-refractivity contribution in [1.29, 1.82) is 0 Å². The molecule has 0 aromatic rings. The summed E-state index contributed by atoms with van der Waals surface area (Å²) in [6.45, 7) is 6.21. The highest BCUT2D eigenvalue weighted by Crippen LogP contribution is 2.46. The zero-order valence-electron chi connectivity index (χ0n) is 9.55. The van der Waals surface area contributed by atoms with E-state index in [1.54, 1.807) is 0 Å². The van der Waals surface area contributed by atoms with E-state index < -0.39 is 11.4 Å². The van der Waals surface area contributed by atoms with Crippen molar-refractivity contribution >= 4 is 5.97 Å². The summed E-state index contributed by atoms with van der Waals surface area (Å²) in [5.41, 5.74) is -0.465. The van der Waals surface area contributed by atoms with Crippen LogP contribution < -0.4 is 0 Å². The second kappa shape index (κ2) is 4.33. The standard InChI is InChI=1S/C12H22O2/c1-4-9-6-7-10(5-2)12(3,8-9)11(13)14/h9-10H,4-8H2,1-3H3,(H,13,14). The summed E-state index contributed by atoms with van der Waals surface area (Å²) in [6, 6.07) is 0. The first kappa shape index (κ1) is 11.5. The third-order valence-corrected chi connectivity index (χ3v) is 4.10. The van der Waals surface area contributed by atoms with Gasteiger partial charge in [0.25, 0.3) is 0 Å². The Bertz CT molecular complexity index is 212. The van der Waals surface area contributed by atoms with Crippen LogP contribution in [0.2, 0.25) is 0 Å². The van der Waals surface area contributed by atoms with E-state index in [0.29, 0.717) is 11.8 Å². The third kappa shape index (κ3) is 1.94. The number of carboxylic acids is 1. The number of hydrogen-bond acceptors (Lipinski definition) is 1. The minimum atomic E-state index is -0.595. The molecule has 1 aliphatic carbocycles. The summed E-state index contributed by atoms with van der Waals surface area (Å²) >= 11 is 0. The molecule has 3 unspecified atom stereocenters. The molecule has 1 rings (SSSR count). The molecule has 0 aliphatic heterocycles. The van der Waals surface area contributed by atoms with E-state index in [4.69, 9.17) is 0 Å². The maximum Gasteiger partial charge on any atom is 0.309 e. The molecule has 0 radical (unpaired) electrons. The van der Waals surface area contributed by atoms with Crippen molar-refractivity contribution < 1.29 is 9.90 Å². The Morgan fingerprint density at radius 3 is 2.43 bits per heavy atom. The van der Waals surface area contributed by atoms with Crippen LogP contribution in [0.5, 0.6) is 0 Å². The molecule has 2 heteroatoms. The summed E-state index contributed by atoms with van der Waals surface area (Å²) in [7, 11) is 0. The van der Waals surface area contributed by atoms with Crippen molar-refractivity contribution in [2.75, 3.05) is 0 Å². The normalized spacial score (nSPS) is 38.2. The van der Waals surface area contributed by atoms with E-state index in [2.05, 4.69) is 13.8 Å². The molecule has 0 aromatic heterocycles. The molecule has 0 saturated heterocycles. The lowest BCUT2D eigenvalue weighted by atomic mass is 9.62. The lowest BCUT2D eigenvalue weighted by Gasteiger charge is -2.41. The van der Waals surface area contributed by atoms with Gasteiger partial charge >= 0.3 is 5.97 Å². The zero-order valence-corrected chi connectivity index (χ0v) is 9.55. The summed E-state index contributed by atoms with van der Waals surface area (Å²) in [6.07, 6.45) is 5.31. The number of carboxylic acid groups (broad SMARTS) is 1. The second-order valence-corrected chi connectivity index (χ2v) is 4.88. The van der Waals surface area contributed by atoms with Crippen molar-refractivity contribution in [1.82, 2.24) is 0 Å². The number of hydrogen-bond donors (Lipinski definition) is 1. The Morgan fingerprint density at radius 2 is 2.00 bits per heavy atom. The van der Waals surface area contributed by atoms with E-state index in [9.17, 15) is 9.90 Å². The summed E-state index contributed by atoms with van der Waals surface area (Å²) in [4.78, 5) is 11.3. The topological polar surface area (TPSA) is 37.3 Å². The molecule has 1 saturated carbocycles. The molecular formula is C12H22O2. The lowest BCUT2D eigenvalue weighted by Crippen LogP contribution is -2.40. The van der Waals surface area contributed by atoms with Crippen molar-refractivity contribution in [3.8, 4) is 0 Å². The van der Waals surface area contributed by atoms with Crippen LogP contribution in [0.3, 0.4) is 0 Å². The van der Waals surface area contributed by atoms with Gasteiger partial charge in [-0.05, 0) is 31.6 Å². The Labute approximate surface area is 86.7 Å². The highest BCUT2D eigenvalue weighted by Gasteiger charge is 2.44. The van der Waals surface area contributed by atoms with Gasteiger partial charge in [0, 0.05) is 0 Å². The van der Waals surface area contributed by atoms with Gasteiger partial charge in [0.1, 0.15) is 0 Å². The predicted octanol–water partition coefficient (Wildman–Crippen LogP) is 3.31. The van der Waals surface area contributed by atoms with Crippen molar-refractivity contribution in [2.24, 2.45) is 17.3 Å². The van der Waals surface area contributed by atoms with Crippen LogP contribution in [0.25, 0.3) is 0 Å². The molecule has 0 amide bonds. The van der Waals surface area contributed by atoms with Crippen molar-refractivity contribution in [3.63, 3.8) is 0 Å². The molecule has 2 nitrogen and oxygen atoms in total. The van der Waals surface area contributed by atoms with Crippen LogP contribution >= 0.6 is 0 Å². The molecular weight excluding hydrogens is 176 g/mol. The van der Waals surface area contributed by atoms with Gasteiger partial charge in [0.05, 0.1) is 5.41 Å². The highest BCUT2D eigenvalue weighted by atomic mass is 16.4. The highest BCUT2D eigenvalue weighted by molar-refractivity contribution is 5.74. The van der Waals surface area contributed by atoms with E-state index in [1.165, 1.54) is 6.42 Å². The molecule has 0 aromatic carbocycles. The average molecular weight is 198 g/mol. The molecule has 1 aliphatic rings. The van der Waals surface area contributed by atoms with Crippen LogP contribution in [0.4, 0.5) is 0 Å². The summed E-state index contributed by atoms with van der Waals surface area (Å²) in [5.74, 6) is 0.407. The van der Waals surface area contributed by atoms with Crippen molar-refractivity contribution in [3.05, 3.63) is 0 Å².